The summed E-state index contributed by atoms with van der Waals surface area (Å²) in [6, 6.07) is 3.45. The Labute approximate surface area is 121 Å². The van der Waals surface area contributed by atoms with Crippen LogP contribution in [-0.4, -0.2) is 32.4 Å². The van der Waals surface area contributed by atoms with Crippen LogP contribution in [0.5, 0.6) is 0 Å². The summed E-state index contributed by atoms with van der Waals surface area (Å²) in [4.78, 5) is -0.344. The molecular formula is C10H15BrClFN2O2S. The molecule has 0 saturated heterocycles. The van der Waals surface area contributed by atoms with Gasteiger partial charge in [0.05, 0.1) is 0 Å². The van der Waals surface area contributed by atoms with Gasteiger partial charge in [0.2, 0.25) is 10.0 Å². The first-order chi connectivity index (χ1) is 7.80. The zero-order valence-electron chi connectivity index (χ0n) is 9.93. The van der Waals surface area contributed by atoms with Crippen LogP contribution < -0.4 is 5.73 Å². The average Bonchev–Trinajstić information content (AvgIpc) is 2.26. The van der Waals surface area contributed by atoms with Crippen LogP contribution in [0.3, 0.4) is 0 Å². The van der Waals surface area contributed by atoms with Gasteiger partial charge in [-0.15, -0.1) is 12.4 Å². The van der Waals surface area contributed by atoms with Crippen molar-refractivity contribution >= 4 is 38.4 Å². The van der Waals surface area contributed by atoms with E-state index >= 15 is 0 Å². The number of nitrogens with two attached hydrogens (primary N) is 1. The maximum atomic E-state index is 13.6. The van der Waals surface area contributed by atoms with E-state index in [2.05, 4.69) is 15.9 Å². The first-order valence-electron chi connectivity index (χ1n) is 4.94. The molecule has 0 saturated carbocycles. The Hall–Kier alpha value is -0.210. The maximum Gasteiger partial charge on any atom is 0.246 e. The lowest BCUT2D eigenvalue weighted by molar-refractivity contribution is 0.391. The highest BCUT2D eigenvalue weighted by atomic mass is 79.9. The molecule has 0 fully saturated rings. The van der Waals surface area contributed by atoms with Gasteiger partial charge in [-0.05, 0) is 25.1 Å². The molecule has 0 amide bonds. The summed E-state index contributed by atoms with van der Waals surface area (Å²) in [7, 11) is -2.46. The van der Waals surface area contributed by atoms with Crippen molar-refractivity contribution < 1.29 is 12.8 Å². The van der Waals surface area contributed by atoms with Gasteiger partial charge in [-0.2, -0.15) is 4.31 Å². The van der Waals surface area contributed by atoms with E-state index in [1.165, 1.54) is 19.2 Å². The van der Waals surface area contributed by atoms with E-state index < -0.39 is 15.8 Å². The Kier molecular flexibility index (Phi) is 6.73. The van der Waals surface area contributed by atoms with Gasteiger partial charge in [-0.3, -0.25) is 0 Å². The highest BCUT2D eigenvalue weighted by Crippen LogP contribution is 2.22. The lowest BCUT2D eigenvalue weighted by Gasteiger charge is -2.23. The summed E-state index contributed by atoms with van der Waals surface area (Å²) in [6.07, 6.45) is 0. The largest absolute Gasteiger partial charge is 0.329 e. The zero-order chi connectivity index (χ0) is 13.2. The van der Waals surface area contributed by atoms with Crippen LogP contribution in [0.1, 0.15) is 6.92 Å². The quantitative estimate of drug-likeness (QED) is 0.892. The van der Waals surface area contributed by atoms with Gasteiger partial charge in [-0.25, -0.2) is 12.8 Å². The molecule has 1 aromatic rings. The van der Waals surface area contributed by atoms with Crippen molar-refractivity contribution in [3.05, 3.63) is 28.5 Å². The molecule has 4 nitrogen and oxygen atoms in total. The minimum absolute atomic E-state index is 0. The Morgan fingerprint density at radius 3 is 2.50 bits per heavy atom. The third kappa shape index (κ3) is 3.64. The lowest BCUT2D eigenvalue weighted by atomic mass is 10.3. The van der Waals surface area contributed by atoms with E-state index in [1.807, 2.05) is 0 Å². The number of rotatable bonds is 4. The first-order valence-corrected chi connectivity index (χ1v) is 7.17. The second kappa shape index (κ2) is 6.81. The summed E-state index contributed by atoms with van der Waals surface area (Å²) in [5.74, 6) is -0.782. The van der Waals surface area contributed by atoms with E-state index in [9.17, 15) is 12.8 Å². The maximum absolute atomic E-state index is 13.6. The van der Waals surface area contributed by atoms with Gasteiger partial charge in [0.15, 0.2) is 0 Å². The number of halogens is 3. The number of sulfonamides is 1. The summed E-state index contributed by atoms with van der Waals surface area (Å²) in [5, 5.41) is 0. The van der Waals surface area contributed by atoms with Gasteiger partial charge < -0.3 is 5.73 Å². The Balaban J connectivity index is 0.00000289. The van der Waals surface area contributed by atoms with Gasteiger partial charge in [0, 0.05) is 24.1 Å². The predicted molar refractivity (Wildman–Crippen MR) is 74.8 cm³/mol. The second-order valence-electron chi connectivity index (χ2n) is 3.68. The fourth-order valence-corrected chi connectivity index (χ4v) is 2.97. The van der Waals surface area contributed by atoms with Crippen molar-refractivity contribution in [1.82, 2.24) is 4.31 Å². The summed E-state index contributed by atoms with van der Waals surface area (Å²) in [5.41, 5.74) is 5.40. The Morgan fingerprint density at radius 2 is 2.06 bits per heavy atom. The predicted octanol–water partition coefficient (Wildman–Crippen LogP) is 1.98. The summed E-state index contributed by atoms with van der Waals surface area (Å²) < 4.78 is 39.3. The number of hydrogen-bond donors (Lipinski definition) is 1. The molecule has 18 heavy (non-hydrogen) atoms. The van der Waals surface area contributed by atoms with Crippen molar-refractivity contribution in [2.75, 3.05) is 13.6 Å². The van der Waals surface area contributed by atoms with Crippen molar-refractivity contribution in [3.63, 3.8) is 0 Å². The van der Waals surface area contributed by atoms with Gasteiger partial charge in [-0.1, -0.05) is 15.9 Å². The molecule has 0 aliphatic carbocycles. The minimum atomic E-state index is -3.84. The van der Waals surface area contributed by atoms with Crippen LogP contribution in [0.2, 0.25) is 0 Å². The van der Waals surface area contributed by atoms with Crippen LogP contribution in [0, 0.1) is 5.82 Å². The zero-order valence-corrected chi connectivity index (χ0v) is 13.1. The van der Waals surface area contributed by atoms with E-state index in [1.54, 1.807) is 6.92 Å². The normalized spacial score (nSPS) is 13.2. The van der Waals surface area contributed by atoms with Crippen molar-refractivity contribution in [3.8, 4) is 0 Å². The molecular weight excluding hydrogens is 347 g/mol. The molecule has 1 atom stereocenters. The molecule has 2 N–H and O–H groups in total. The Morgan fingerprint density at radius 1 is 1.50 bits per heavy atom. The molecule has 0 spiro atoms. The van der Waals surface area contributed by atoms with Crippen molar-refractivity contribution in [2.45, 2.75) is 17.9 Å². The molecule has 0 radical (unpaired) electrons. The van der Waals surface area contributed by atoms with E-state index in [0.717, 1.165) is 10.4 Å². The lowest BCUT2D eigenvalue weighted by Crippen LogP contribution is -2.39. The van der Waals surface area contributed by atoms with Crippen LogP contribution in [0.15, 0.2) is 27.6 Å². The summed E-state index contributed by atoms with van der Waals surface area (Å²) >= 11 is 3.07. The Bertz CT molecular complexity index is 513. The molecule has 0 aliphatic heterocycles. The molecule has 1 aromatic carbocycles. The van der Waals surface area contributed by atoms with Gasteiger partial charge in [0.25, 0.3) is 0 Å². The number of likely N-dealkylation sites (N-methyl/N-ethyl adjacent to an activating group) is 1. The number of nitrogens with zero attached hydrogens (tertiary/aromatic N) is 1. The average molecular weight is 362 g/mol. The molecule has 0 aliphatic rings. The fourth-order valence-electron chi connectivity index (χ4n) is 1.22. The molecule has 0 bridgehead atoms. The number of benzene rings is 1. The van der Waals surface area contributed by atoms with E-state index in [4.69, 9.17) is 5.73 Å². The molecule has 0 heterocycles. The second-order valence-corrected chi connectivity index (χ2v) is 6.56. The van der Waals surface area contributed by atoms with Gasteiger partial charge in [0.1, 0.15) is 10.7 Å². The highest BCUT2D eigenvalue weighted by Gasteiger charge is 2.27. The first kappa shape index (κ1) is 17.8. The fraction of sp³-hybridized carbons (Fsp3) is 0.400. The van der Waals surface area contributed by atoms with Crippen LogP contribution >= 0.6 is 28.3 Å². The molecule has 1 unspecified atom stereocenters. The highest BCUT2D eigenvalue weighted by molar-refractivity contribution is 9.10. The van der Waals surface area contributed by atoms with E-state index in [0.29, 0.717) is 4.47 Å². The molecule has 104 valence electrons. The van der Waals surface area contributed by atoms with Crippen LogP contribution in [0.25, 0.3) is 0 Å². The molecule has 0 aromatic heterocycles. The van der Waals surface area contributed by atoms with Crippen LogP contribution in [0.4, 0.5) is 4.39 Å². The third-order valence-corrected chi connectivity index (χ3v) is 5.01. The minimum Gasteiger partial charge on any atom is -0.329 e. The molecule has 8 heteroatoms. The standard InChI is InChI=1S/C10H14BrFN2O2S.ClH/c1-7(6-13)14(2)17(15,16)10-4-3-8(11)5-9(10)12;/h3-5,7H,6,13H2,1-2H3;1H. The van der Waals surface area contributed by atoms with Gasteiger partial charge >= 0.3 is 0 Å². The third-order valence-electron chi connectivity index (χ3n) is 2.51. The van der Waals surface area contributed by atoms with E-state index in [-0.39, 0.29) is 29.9 Å². The van der Waals surface area contributed by atoms with Crippen molar-refractivity contribution in [1.29, 1.82) is 0 Å². The smallest absolute Gasteiger partial charge is 0.246 e. The molecule has 1 rings (SSSR count). The van der Waals surface area contributed by atoms with Crippen molar-refractivity contribution in [2.24, 2.45) is 5.73 Å². The monoisotopic (exact) mass is 360 g/mol. The SMILES string of the molecule is CC(CN)N(C)S(=O)(=O)c1ccc(Br)cc1F.Cl. The van der Waals surface area contributed by atoms with Crippen LogP contribution in [-0.2, 0) is 10.0 Å². The number of hydrogen-bond acceptors (Lipinski definition) is 3. The summed E-state index contributed by atoms with van der Waals surface area (Å²) in [6.45, 7) is 1.84. The topological polar surface area (TPSA) is 63.4 Å².